The first kappa shape index (κ1) is 13.5. The van der Waals surface area contributed by atoms with Crippen molar-refractivity contribution in [2.24, 2.45) is 0 Å². The fourth-order valence-electron chi connectivity index (χ4n) is 2.82. The number of aromatic nitrogens is 2. The summed E-state index contributed by atoms with van der Waals surface area (Å²) in [4.78, 5) is 2.32. The van der Waals surface area contributed by atoms with E-state index >= 15 is 0 Å². The summed E-state index contributed by atoms with van der Waals surface area (Å²) in [6.07, 6.45) is 5.29. The van der Waals surface area contributed by atoms with Crippen LogP contribution in [0.3, 0.4) is 0 Å². The first-order valence-electron chi connectivity index (χ1n) is 7.33. The van der Waals surface area contributed by atoms with Gasteiger partial charge in [-0.15, -0.1) is 0 Å². The lowest BCUT2D eigenvalue weighted by atomic mass is 10.1. The Labute approximate surface area is 118 Å². The van der Waals surface area contributed by atoms with E-state index in [9.17, 15) is 0 Å². The minimum Gasteiger partial charge on any atom is -0.378 e. The number of benzene rings is 1. The molecule has 1 aliphatic rings. The highest BCUT2D eigenvalue weighted by atomic mass is 16.6. The van der Waals surface area contributed by atoms with Crippen molar-refractivity contribution < 1.29 is 9.37 Å². The highest BCUT2D eigenvalue weighted by Crippen LogP contribution is 2.18. The van der Waals surface area contributed by atoms with Crippen LogP contribution in [0.1, 0.15) is 31.2 Å². The number of ether oxygens (including phenoxy) is 1. The lowest BCUT2D eigenvalue weighted by Gasteiger charge is -2.17. The van der Waals surface area contributed by atoms with Crippen molar-refractivity contribution in [1.29, 1.82) is 0 Å². The van der Waals surface area contributed by atoms with Crippen LogP contribution in [0.4, 0.5) is 0 Å². The van der Waals surface area contributed by atoms with Crippen LogP contribution in [0.15, 0.2) is 22.8 Å². The van der Waals surface area contributed by atoms with Crippen LogP contribution in [0, 0.1) is 0 Å². The monoisotopic (exact) mass is 275 g/mol. The van der Waals surface area contributed by atoms with Crippen LogP contribution in [-0.4, -0.2) is 41.5 Å². The second kappa shape index (κ2) is 6.33. The summed E-state index contributed by atoms with van der Waals surface area (Å²) in [7, 11) is 2.14. The minimum absolute atomic E-state index is 0.492. The van der Waals surface area contributed by atoms with E-state index in [1.807, 2.05) is 12.1 Å². The topological polar surface area (TPSA) is 51.4 Å². The van der Waals surface area contributed by atoms with Crippen molar-refractivity contribution in [2.75, 3.05) is 20.2 Å². The Balaban J connectivity index is 1.50. The molecule has 2 aromatic rings. The predicted molar refractivity (Wildman–Crippen MR) is 76.3 cm³/mol. The van der Waals surface area contributed by atoms with E-state index in [4.69, 9.17) is 9.37 Å². The lowest BCUT2D eigenvalue weighted by molar-refractivity contribution is 0.0995. The molecule has 1 aromatic heterocycles. The average Bonchev–Trinajstić information content (AvgIpc) is 3.09. The molecule has 1 aromatic carbocycles. The van der Waals surface area contributed by atoms with Gasteiger partial charge >= 0.3 is 0 Å². The first-order chi connectivity index (χ1) is 9.83. The molecule has 1 atom stereocenters. The van der Waals surface area contributed by atoms with Gasteiger partial charge in [0.2, 0.25) is 0 Å². The highest BCUT2D eigenvalue weighted by Gasteiger charge is 2.15. The third-order valence-electron chi connectivity index (χ3n) is 3.90. The predicted octanol–water partition coefficient (Wildman–Crippen LogP) is 2.61. The third kappa shape index (κ3) is 3.16. The van der Waals surface area contributed by atoms with Crippen molar-refractivity contribution in [2.45, 2.75) is 38.3 Å². The summed E-state index contributed by atoms with van der Waals surface area (Å²) < 4.78 is 10.5. The molecule has 1 saturated heterocycles. The first-order valence-corrected chi connectivity index (χ1v) is 7.33. The molecule has 5 nitrogen and oxygen atoms in total. The number of rotatable bonds is 6. The van der Waals surface area contributed by atoms with Gasteiger partial charge in [0.05, 0.1) is 6.10 Å². The molecule has 5 heteroatoms. The Morgan fingerprint density at radius 2 is 2.30 bits per heavy atom. The van der Waals surface area contributed by atoms with E-state index in [-0.39, 0.29) is 0 Å². The van der Waals surface area contributed by atoms with Crippen molar-refractivity contribution in [3.63, 3.8) is 0 Å². The molecule has 1 unspecified atom stereocenters. The summed E-state index contributed by atoms with van der Waals surface area (Å²) in [5, 5.41) is 7.86. The number of hydrogen-bond donors (Lipinski definition) is 0. The van der Waals surface area contributed by atoms with Gasteiger partial charge in [0.1, 0.15) is 11.0 Å². The summed E-state index contributed by atoms with van der Waals surface area (Å²) in [5.41, 5.74) is 2.87. The molecule has 0 saturated carbocycles. The maximum absolute atomic E-state index is 5.65. The zero-order valence-electron chi connectivity index (χ0n) is 11.9. The minimum atomic E-state index is 0.492. The standard InChI is InChI=1S/C15H21N3O2/c1-18(9-3-6-13-7-4-10-19-13)11-12-5-2-8-14-15(12)17-20-16-14/h2,5,8,13H,3-4,6-7,9-11H2,1H3. The molecule has 0 amide bonds. The molecular weight excluding hydrogens is 254 g/mol. The van der Waals surface area contributed by atoms with Crippen molar-refractivity contribution in [1.82, 2.24) is 15.2 Å². The van der Waals surface area contributed by atoms with Gasteiger partial charge in [-0.2, -0.15) is 0 Å². The summed E-state index contributed by atoms with van der Waals surface area (Å²) in [6.45, 7) is 2.89. The molecule has 0 N–H and O–H groups in total. The van der Waals surface area contributed by atoms with Crippen LogP contribution in [0.25, 0.3) is 11.0 Å². The van der Waals surface area contributed by atoms with Crippen LogP contribution < -0.4 is 0 Å². The van der Waals surface area contributed by atoms with Gasteiger partial charge in [0, 0.05) is 13.2 Å². The second-order valence-corrected chi connectivity index (χ2v) is 5.56. The molecule has 3 rings (SSSR count). The van der Waals surface area contributed by atoms with Gasteiger partial charge in [0.15, 0.2) is 0 Å². The van der Waals surface area contributed by atoms with E-state index in [0.717, 1.165) is 30.7 Å². The Bertz CT molecular complexity index is 549. The molecule has 0 aliphatic carbocycles. The molecule has 2 heterocycles. The lowest BCUT2D eigenvalue weighted by Crippen LogP contribution is -2.20. The largest absolute Gasteiger partial charge is 0.378 e. The van der Waals surface area contributed by atoms with E-state index in [1.165, 1.54) is 31.2 Å². The van der Waals surface area contributed by atoms with E-state index in [2.05, 4.69) is 28.3 Å². The number of fused-ring (bicyclic) bond motifs is 1. The SMILES string of the molecule is CN(CCCC1CCCO1)Cc1cccc2nonc12. The third-order valence-corrected chi connectivity index (χ3v) is 3.90. The zero-order chi connectivity index (χ0) is 13.8. The fraction of sp³-hybridized carbons (Fsp3) is 0.600. The Morgan fingerprint density at radius 1 is 1.35 bits per heavy atom. The Hall–Kier alpha value is -1.46. The van der Waals surface area contributed by atoms with Gasteiger partial charge in [-0.1, -0.05) is 12.1 Å². The van der Waals surface area contributed by atoms with E-state index < -0.39 is 0 Å². The van der Waals surface area contributed by atoms with Crippen LogP contribution in [0.2, 0.25) is 0 Å². The molecular formula is C15H21N3O2. The van der Waals surface area contributed by atoms with Gasteiger partial charge in [-0.05, 0) is 61.2 Å². The molecule has 0 bridgehead atoms. The van der Waals surface area contributed by atoms with Crippen LogP contribution >= 0.6 is 0 Å². The average molecular weight is 275 g/mol. The normalized spacial score (nSPS) is 19.2. The molecule has 0 spiro atoms. The van der Waals surface area contributed by atoms with Crippen molar-refractivity contribution >= 4 is 11.0 Å². The van der Waals surface area contributed by atoms with Gasteiger partial charge in [-0.25, -0.2) is 4.63 Å². The summed E-state index contributed by atoms with van der Waals surface area (Å²) >= 11 is 0. The van der Waals surface area contributed by atoms with Crippen molar-refractivity contribution in [3.8, 4) is 0 Å². The number of nitrogens with zero attached hydrogens (tertiary/aromatic N) is 3. The van der Waals surface area contributed by atoms with E-state index in [1.54, 1.807) is 0 Å². The maximum atomic E-state index is 5.65. The smallest absolute Gasteiger partial charge is 0.139 e. The molecule has 108 valence electrons. The van der Waals surface area contributed by atoms with Gasteiger partial charge in [0.25, 0.3) is 0 Å². The molecule has 20 heavy (non-hydrogen) atoms. The highest BCUT2D eigenvalue weighted by molar-refractivity contribution is 5.76. The Morgan fingerprint density at radius 3 is 3.15 bits per heavy atom. The fourth-order valence-corrected chi connectivity index (χ4v) is 2.82. The van der Waals surface area contributed by atoms with Gasteiger partial charge in [-0.3, -0.25) is 0 Å². The molecule has 0 radical (unpaired) electrons. The summed E-state index contributed by atoms with van der Waals surface area (Å²) in [5.74, 6) is 0. The Kier molecular flexibility index (Phi) is 4.28. The second-order valence-electron chi connectivity index (χ2n) is 5.56. The summed E-state index contributed by atoms with van der Waals surface area (Å²) in [6, 6.07) is 6.01. The quantitative estimate of drug-likeness (QED) is 0.811. The van der Waals surface area contributed by atoms with Crippen LogP contribution in [-0.2, 0) is 11.3 Å². The van der Waals surface area contributed by atoms with Crippen LogP contribution in [0.5, 0.6) is 0 Å². The van der Waals surface area contributed by atoms with E-state index in [0.29, 0.717) is 6.10 Å². The zero-order valence-corrected chi connectivity index (χ0v) is 11.9. The van der Waals surface area contributed by atoms with Gasteiger partial charge < -0.3 is 9.64 Å². The molecule has 1 aliphatic heterocycles. The number of hydrogen-bond acceptors (Lipinski definition) is 5. The van der Waals surface area contributed by atoms with Crippen molar-refractivity contribution in [3.05, 3.63) is 23.8 Å². The molecule has 1 fully saturated rings. The maximum Gasteiger partial charge on any atom is 0.139 e.